The molecule has 1 aromatic rings. The van der Waals surface area contributed by atoms with Crippen LogP contribution in [0.2, 0.25) is 0 Å². The molecule has 112 valence electrons. The molecule has 20 heavy (non-hydrogen) atoms. The molecule has 1 aliphatic rings. The standard InChI is InChI=1S/C15H22N2OS.ClH/c1-15(2,3)19-10-14(18)17-12-6-7-13-11(9-12)5-4-8-16-13;/h6-7,9,16H,4-5,8,10H2,1-3H3,(H,17,18);1H. The number of anilines is 2. The summed E-state index contributed by atoms with van der Waals surface area (Å²) in [4.78, 5) is 11.9. The van der Waals surface area contributed by atoms with E-state index in [2.05, 4.69) is 43.5 Å². The normalized spacial score (nSPS) is 13.8. The van der Waals surface area contributed by atoms with Crippen LogP contribution in [-0.4, -0.2) is 23.0 Å². The lowest BCUT2D eigenvalue weighted by molar-refractivity contribution is -0.113. The van der Waals surface area contributed by atoms with Gasteiger partial charge in [-0.05, 0) is 36.6 Å². The zero-order valence-electron chi connectivity index (χ0n) is 12.3. The Morgan fingerprint density at radius 3 is 2.85 bits per heavy atom. The Hall–Kier alpha value is -0.870. The smallest absolute Gasteiger partial charge is 0.234 e. The first-order chi connectivity index (χ1) is 8.94. The van der Waals surface area contributed by atoms with Crippen molar-refractivity contribution in [3.8, 4) is 0 Å². The maximum atomic E-state index is 11.9. The van der Waals surface area contributed by atoms with Gasteiger partial charge in [-0.25, -0.2) is 0 Å². The molecule has 0 saturated carbocycles. The maximum Gasteiger partial charge on any atom is 0.234 e. The largest absolute Gasteiger partial charge is 0.385 e. The number of amides is 1. The highest BCUT2D eigenvalue weighted by molar-refractivity contribution is 8.01. The van der Waals surface area contributed by atoms with E-state index in [1.54, 1.807) is 11.8 Å². The molecule has 1 aliphatic heterocycles. The lowest BCUT2D eigenvalue weighted by Crippen LogP contribution is -2.19. The van der Waals surface area contributed by atoms with E-state index in [0.717, 1.165) is 25.1 Å². The molecule has 0 unspecified atom stereocenters. The molecule has 0 fully saturated rings. The molecular weight excluding hydrogens is 292 g/mol. The van der Waals surface area contributed by atoms with E-state index in [9.17, 15) is 4.79 Å². The van der Waals surface area contributed by atoms with Gasteiger partial charge < -0.3 is 10.6 Å². The van der Waals surface area contributed by atoms with Crippen LogP contribution in [0.1, 0.15) is 32.8 Å². The van der Waals surface area contributed by atoms with Crippen LogP contribution in [0.4, 0.5) is 11.4 Å². The molecule has 0 radical (unpaired) electrons. The fourth-order valence-corrected chi connectivity index (χ4v) is 2.67. The molecule has 1 heterocycles. The summed E-state index contributed by atoms with van der Waals surface area (Å²) in [5, 5.41) is 6.35. The summed E-state index contributed by atoms with van der Waals surface area (Å²) in [6.07, 6.45) is 2.24. The Bertz CT molecular complexity index is 471. The molecule has 5 heteroatoms. The van der Waals surface area contributed by atoms with Gasteiger partial charge >= 0.3 is 0 Å². The van der Waals surface area contributed by atoms with Gasteiger partial charge in [0.15, 0.2) is 0 Å². The van der Waals surface area contributed by atoms with E-state index < -0.39 is 0 Å². The van der Waals surface area contributed by atoms with Crippen molar-refractivity contribution in [3.63, 3.8) is 0 Å². The van der Waals surface area contributed by atoms with Gasteiger partial charge in [-0.1, -0.05) is 20.8 Å². The number of benzene rings is 1. The monoisotopic (exact) mass is 314 g/mol. The summed E-state index contributed by atoms with van der Waals surface area (Å²) in [6.45, 7) is 7.40. The predicted molar refractivity (Wildman–Crippen MR) is 91.3 cm³/mol. The third-order valence-electron chi connectivity index (χ3n) is 2.96. The van der Waals surface area contributed by atoms with Crippen molar-refractivity contribution in [2.45, 2.75) is 38.4 Å². The molecule has 1 amide bonds. The maximum absolute atomic E-state index is 11.9. The van der Waals surface area contributed by atoms with Crippen LogP contribution in [0.5, 0.6) is 0 Å². The van der Waals surface area contributed by atoms with E-state index in [1.165, 1.54) is 11.3 Å². The Kier molecular flexibility index (Phi) is 6.21. The molecule has 2 rings (SSSR count). The lowest BCUT2D eigenvalue weighted by Gasteiger charge is -2.19. The summed E-state index contributed by atoms with van der Waals surface area (Å²) < 4.78 is 0.122. The zero-order chi connectivity index (χ0) is 13.9. The van der Waals surface area contributed by atoms with Crippen LogP contribution in [0.3, 0.4) is 0 Å². The summed E-state index contributed by atoms with van der Waals surface area (Å²) >= 11 is 1.67. The fraction of sp³-hybridized carbons (Fsp3) is 0.533. The van der Waals surface area contributed by atoms with E-state index in [4.69, 9.17) is 0 Å². The quantitative estimate of drug-likeness (QED) is 0.888. The molecule has 3 nitrogen and oxygen atoms in total. The van der Waals surface area contributed by atoms with Crippen molar-refractivity contribution in [1.82, 2.24) is 0 Å². The third-order valence-corrected chi connectivity index (χ3v) is 4.24. The van der Waals surface area contributed by atoms with E-state index in [1.807, 2.05) is 6.07 Å². The van der Waals surface area contributed by atoms with Crippen LogP contribution >= 0.6 is 24.2 Å². The van der Waals surface area contributed by atoms with Crippen LogP contribution in [0.15, 0.2) is 18.2 Å². The van der Waals surface area contributed by atoms with Gasteiger partial charge in [-0.15, -0.1) is 24.2 Å². The summed E-state index contributed by atoms with van der Waals surface area (Å²) in [6, 6.07) is 6.11. The number of carbonyl (C=O) groups is 1. The molecule has 0 aliphatic carbocycles. The minimum atomic E-state index is 0. The number of halogens is 1. The number of rotatable bonds is 3. The summed E-state index contributed by atoms with van der Waals surface area (Å²) in [5.74, 6) is 0.572. The van der Waals surface area contributed by atoms with Crippen LogP contribution in [0, 0.1) is 0 Å². The SMILES string of the molecule is CC(C)(C)SCC(=O)Nc1ccc2c(c1)CCCN2.Cl. The third kappa shape index (κ3) is 5.25. The van der Waals surface area contributed by atoms with Crippen molar-refractivity contribution < 1.29 is 4.79 Å². The van der Waals surface area contributed by atoms with E-state index in [0.29, 0.717) is 5.75 Å². The predicted octanol–water partition coefficient (Wildman–Crippen LogP) is 3.94. The second-order valence-electron chi connectivity index (χ2n) is 5.85. The Morgan fingerprint density at radius 1 is 1.40 bits per heavy atom. The number of fused-ring (bicyclic) bond motifs is 1. The van der Waals surface area contributed by atoms with Crippen molar-refractivity contribution in [1.29, 1.82) is 0 Å². The molecule has 0 saturated heterocycles. The number of hydrogen-bond donors (Lipinski definition) is 2. The van der Waals surface area contributed by atoms with Gasteiger partial charge in [0.1, 0.15) is 0 Å². The highest BCUT2D eigenvalue weighted by Crippen LogP contribution is 2.26. The fourth-order valence-electron chi connectivity index (χ4n) is 2.03. The van der Waals surface area contributed by atoms with Crippen LogP contribution in [-0.2, 0) is 11.2 Å². The molecular formula is C15H23ClN2OS. The number of thioether (sulfide) groups is 1. The first-order valence-corrected chi connectivity index (χ1v) is 7.73. The molecule has 2 N–H and O–H groups in total. The summed E-state index contributed by atoms with van der Waals surface area (Å²) in [5.41, 5.74) is 3.41. The van der Waals surface area contributed by atoms with Crippen LogP contribution in [0.25, 0.3) is 0 Å². The Morgan fingerprint density at radius 2 is 2.15 bits per heavy atom. The molecule has 1 aromatic carbocycles. The number of carbonyl (C=O) groups excluding carboxylic acids is 1. The van der Waals surface area contributed by atoms with Crippen molar-refractivity contribution in [3.05, 3.63) is 23.8 Å². The second-order valence-corrected chi connectivity index (χ2v) is 7.65. The first-order valence-electron chi connectivity index (χ1n) is 6.75. The number of aryl methyl sites for hydroxylation is 1. The Balaban J connectivity index is 0.00000200. The minimum Gasteiger partial charge on any atom is -0.385 e. The van der Waals surface area contributed by atoms with Gasteiger partial charge in [0, 0.05) is 22.7 Å². The van der Waals surface area contributed by atoms with E-state index in [-0.39, 0.29) is 23.1 Å². The van der Waals surface area contributed by atoms with Crippen molar-refractivity contribution in [2.75, 3.05) is 22.9 Å². The van der Waals surface area contributed by atoms with Crippen LogP contribution < -0.4 is 10.6 Å². The van der Waals surface area contributed by atoms with Gasteiger partial charge in [-0.3, -0.25) is 4.79 Å². The lowest BCUT2D eigenvalue weighted by atomic mass is 10.0. The molecule has 0 bridgehead atoms. The molecule has 0 atom stereocenters. The first kappa shape index (κ1) is 17.2. The topological polar surface area (TPSA) is 41.1 Å². The van der Waals surface area contributed by atoms with Gasteiger partial charge in [-0.2, -0.15) is 0 Å². The second kappa shape index (κ2) is 7.23. The highest BCUT2D eigenvalue weighted by atomic mass is 35.5. The average Bonchev–Trinajstić information content (AvgIpc) is 2.35. The van der Waals surface area contributed by atoms with Gasteiger partial charge in [0.2, 0.25) is 5.91 Å². The number of hydrogen-bond acceptors (Lipinski definition) is 3. The van der Waals surface area contributed by atoms with Crippen molar-refractivity contribution >= 4 is 41.5 Å². The zero-order valence-corrected chi connectivity index (χ0v) is 13.9. The van der Waals surface area contributed by atoms with Gasteiger partial charge in [0.05, 0.1) is 5.75 Å². The van der Waals surface area contributed by atoms with Crippen molar-refractivity contribution in [2.24, 2.45) is 0 Å². The van der Waals surface area contributed by atoms with E-state index >= 15 is 0 Å². The molecule has 0 aromatic heterocycles. The van der Waals surface area contributed by atoms with Gasteiger partial charge in [0.25, 0.3) is 0 Å². The highest BCUT2D eigenvalue weighted by Gasteiger charge is 2.14. The Labute approximate surface area is 131 Å². The molecule has 0 spiro atoms. The average molecular weight is 315 g/mol. The number of nitrogens with one attached hydrogen (secondary N) is 2. The summed E-state index contributed by atoms with van der Waals surface area (Å²) in [7, 11) is 0. The minimum absolute atomic E-state index is 0.